The summed E-state index contributed by atoms with van der Waals surface area (Å²) in [5.74, 6) is 0. The van der Waals surface area contributed by atoms with Gasteiger partial charge in [-0.25, -0.2) is 4.98 Å². The molecule has 0 fully saturated rings. The first-order valence-electron chi connectivity index (χ1n) is 6.67. The van der Waals surface area contributed by atoms with E-state index in [1.165, 1.54) is 11.1 Å². The molecule has 0 aliphatic carbocycles. The van der Waals surface area contributed by atoms with Crippen LogP contribution in [0.4, 0.5) is 0 Å². The zero-order chi connectivity index (χ0) is 13.9. The second-order valence-corrected chi connectivity index (χ2v) is 4.84. The fraction of sp³-hybridized carbons (Fsp3) is 0.118. The van der Waals surface area contributed by atoms with E-state index in [0.717, 1.165) is 16.9 Å². The molecule has 0 saturated heterocycles. The highest BCUT2D eigenvalue weighted by atomic mass is 15.0. The maximum absolute atomic E-state index is 5.72. The summed E-state index contributed by atoms with van der Waals surface area (Å²) in [4.78, 5) is 4.30. The Balaban J connectivity index is 2.13. The van der Waals surface area contributed by atoms with Crippen LogP contribution < -0.4 is 5.73 Å². The lowest BCUT2D eigenvalue weighted by Gasteiger charge is -2.11. The zero-order valence-electron chi connectivity index (χ0n) is 11.5. The first kappa shape index (κ1) is 12.6. The van der Waals surface area contributed by atoms with Gasteiger partial charge in [0.25, 0.3) is 0 Å². The first-order chi connectivity index (χ1) is 9.79. The SMILES string of the molecule is Cc1ccccc1-c1cncn1-c1cccc(CN)c1. The van der Waals surface area contributed by atoms with Gasteiger partial charge in [0.15, 0.2) is 0 Å². The number of hydrogen-bond acceptors (Lipinski definition) is 2. The Morgan fingerprint density at radius 2 is 1.95 bits per heavy atom. The van der Waals surface area contributed by atoms with Crippen LogP contribution in [-0.4, -0.2) is 9.55 Å². The fourth-order valence-corrected chi connectivity index (χ4v) is 2.39. The van der Waals surface area contributed by atoms with Crippen LogP contribution >= 0.6 is 0 Å². The number of aromatic nitrogens is 2. The summed E-state index contributed by atoms with van der Waals surface area (Å²) in [5.41, 5.74) is 11.5. The summed E-state index contributed by atoms with van der Waals surface area (Å²) in [5, 5.41) is 0. The first-order valence-corrected chi connectivity index (χ1v) is 6.67. The molecule has 0 amide bonds. The van der Waals surface area contributed by atoms with Gasteiger partial charge in [-0.3, -0.25) is 4.57 Å². The Bertz CT molecular complexity index is 728. The minimum absolute atomic E-state index is 0.544. The van der Waals surface area contributed by atoms with E-state index in [4.69, 9.17) is 5.73 Å². The van der Waals surface area contributed by atoms with Crippen molar-refractivity contribution < 1.29 is 0 Å². The van der Waals surface area contributed by atoms with Crippen molar-refractivity contribution in [3.8, 4) is 16.9 Å². The van der Waals surface area contributed by atoms with Gasteiger partial charge in [-0.15, -0.1) is 0 Å². The van der Waals surface area contributed by atoms with Gasteiger partial charge < -0.3 is 5.73 Å². The van der Waals surface area contributed by atoms with E-state index in [9.17, 15) is 0 Å². The standard InChI is InChI=1S/C17H17N3/c1-13-5-2-3-8-16(13)17-11-19-12-20(17)15-7-4-6-14(9-15)10-18/h2-9,11-12H,10,18H2,1H3. The van der Waals surface area contributed by atoms with Gasteiger partial charge in [-0.2, -0.15) is 0 Å². The second kappa shape index (κ2) is 5.31. The smallest absolute Gasteiger partial charge is 0.0997 e. The third-order valence-electron chi connectivity index (χ3n) is 3.48. The number of nitrogens with zero attached hydrogens (tertiary/aromatic N) is 2. The van der Waals surface area contributed by atoms with Crippen LogP contribution in [0.1, 0.15) is 11.1 Å². The van der Waals surface area contributed by atoms with Crippen LogP contribution in [0.3, 0.4) is 0 Å². The predicted molar refractivity (Wildman–Crippen MR) is 81.6 cm³/mol. The van der Waals surface area contributed by atoms with Crippen LogP contribution in [0.5, 0.6) is 0 Å². The molecular formula is C17H17N3. The fourth-order valence-electron chi connectivity index (χ4n) is 2.39. The molecule has 2 N–H and O–H groups in total. The Morgan fingerprint density at radius 3 is 2.75 bits per heavy atom. The lowest BCUT2D eigenvalue weighted by molar-refractivity contribution is 1.03. The van der Waals surface area contributed by atoms with E-state index < -0.39 is 0 Å². The van der Waals surface area contributed by atoms with Crippen molar-refractivity contribution in [2.75, 3.05) is 0 Å². The van der Waals surface area contributed by atoms with Gasteiger partial charge in [0, 0.05) is 17.8 Å². The van der Waals surface area contributed by atoms with Gasteiger partial charge in [0.2, 0.25) is 0 Å². The molecule has 3 nitrogen and oxygen atoms in total. The van der Waals surface area contributed by atoms with Crippen molar-refractivity contribution in [1.29, 1.82) is 0 Å². The van der Waals surface area contributed by atoms with Crippen molar-refractivity contribution >= 4 is 0 Å². The third kappa shape index (κ3) is 2.24. The van der Waals surface area contributed by atoms with Gasteiger partial charge in [-0.05, 0) is 30.2 Å². The summed E-state index contributed by atoms with van der Waals surface area (Å²) in [7, 11) is 0. The summed E-state index contributed by atoms with van der Waals surface area (Å²) in [6.07, 6.45) is 3.74. The molecule has 0 aliphatic rings. The second-order valence-electron chi connectivity index (χ2n) is 4.84. The van der Waals surface area contributed by atoms with Gasteiger partial charge >= 0.3 is 0 Å². The number of nitrogens with two attached hydrogens (primary N) is 1. The van der Waals surface area contributed by atoms with Crippen molar-refractivity contribution in [3.05, 3.63) is 72.2 Å². The van der Waals surface area contributed by atoms with Crippen LogP contribution in [0.2, 0.25) is 0 Å². The molecule has 3 heteroatoms. The van der Waals surface area contributed by atoms with Crippen LogP contribution in [0.25, 0.3) is 16.9 Å². The van der Waals surface area contributed by atoms with Crippen molar-refractivity contribution in [2.24, 2.45) is 5.73 Å². The average molecular weight is 263 g/mol. The minimum Gasteiger partial charge on any atom is -0.326 e. The third-order valence-corrected chi connectivity index (χ3v) is 3.48. The minimum atomic E-state index is 0.544. The van der Waals surface area contributed by atoms with Crippen LogP contribution in [0.15, 0.2) is 61.1 Å². The highest BCUT2D eigenvalue weighted by molar-refractivity contribution is 5.65. The maximum atomic E-state index is 5.72. The highest BCUT2D eigenvalue weighted by Crippen LogP contribution is 2.25. The molecule has 2 aromatic carbocycles. The molecule has 0 radical (unpaired) electrons. The number of hydrogen-bond donors (Lipinski definition) is 1. The topological polar surface area (TPSA) is 43.8 Å². The van der Waals surface area contributed by atoms with E-state index >= 15 is 0 Å². The van der Waals surface area contributed by atoms with Crippen molar-refractivity contribution in [2.45, 2.75) is 13.5 Å². The summed E-state index contributed by atoms with van der Waals surface area (Å²) >= 11 is 0. The predicted octanol–water partition coefficient (Wildman–Crippen LogP) is 3.31. The van der Waals surface area contributed by atoms with Crippen LogP contribution in [-0.2, 0) is 6.54 Å². The number of benzene rings is 2. The molecule has 20 heavy (non-hydrogen) atoms. The van der Waals surface area contributed by atoms with Gasteiger partial charge in [0.1, 0.15) is 0 Å². The van der Waals surface area contributed by atoms with E-state index in [1.807, 2.05) is 24.7 Å². The van der Waals surface area contributed by atoms with Crippen LogP contribution in [0, 0.1) is 6.92 Å². The summed E-state index contributed by atoms with van der Waals surface area (Å²) in [6, 6.07) is 16.6. The zero-order valence-corrected chi connectivity index (χ0v) is 11.5. The molecule has 0 aliphatic heterocycles. The number of rotatable bonds is 3. The molecule has 0 bridgehead atoms. The number of aryl methyl sites for hydroxylation is 1. The lowest BCUT2D eigenvalue weighted by atomic mass is 10.1. The van der Waals surface area contributed by atoms with Gasteiger partial charge in [-0.1, -0.05) is 36.4 Å². The Kier molecular flexibility index (Phi) is 3.35. The lowest BCUT2D eigenvalue weighted by Crippen LogP contribution is -2.00. The molecule has 0 unspecified atom stereocenters. The molecule has 0 atom stereocenters. The molecule has 3 aromatic rings. The Morgan fingerprint density at radius 1 is 1.10 bits per heavy atom. The molecule has 100 valence electrons. The molecule has 3 rings (SSSR count). The molecule has 0 saturated carbocycles. The average Bonchev–Trinajstić information content (AvgIpc) is 2.97. The van der Waals surface area contributed by atoms with E-state index in [0.29, 0.717) is 6.54 Å². The van der Waals surface area contributed by atoms with Crippen molar-refractivity contribution in [3.63, 3.8) is 0 Å². The number of imidazole rings is 1. The van der Waals surface area contributed by atoms with E-state index in [-0.39, 0.29) is 0 Å². The van der Waals surface area contributed by atoms with E-state index in [2.05, 4.69) is 52.9 Å². The molecule has 1 aromatic heterocycles. The highest BCUT2D eigenvalue weighted by Gasteiger charge is 2.09. The summed E-state index contributed by atoms with van der Waals surface area (Å²) in [6.45, 7) is 2.66. The van der Waals surface area contributed by atoms with Crippen molar-refractivity contribution in [1.82, 2.24) is 9.55 Å². The monoisotopic (exact) mass is 263 g/mol. The maximum Gasteiger partial charge on any atom is 0.0997 e. The largest absolute Gasteiger partial charge is 0.326 e. The Labute approximate surface area is 118 Å². The summed E-state index contributed by atoms with van der Waals surface area (Å²) < 4.78 is 2.10. The molecular weight excluding hydrogens is 246 g/mol. The quantitative estimate of drug-likeness (QED) is 0.788. The van der Waals surface area contributed by atoms with Gasteiger partial charge in [0.05, 0.1) is 18.2 Å². The van der Waals surface area contributed by atoms with E-state index in [1.54, 1.807) is 0 Å². The molecule has 1 heterocycles. The molecule has 0 spiro atoms. The Hall–Kier alpha value is -2.39. The normalized spacial score (nSPS) is 10.7.